The zero-order valence-corrected chi connectivity index (χ0v) is 11.9. The maximum Gasteiger partial charge on any atom is 0.331 e. The highest BCUT2D eigenvalue weighted by atomic mass is 16.4. The Labute approximate surface area is 114 Å². The van der Waals surface area contributed by atoms with Crippen LogP contribution in [0.5, 0.6) is 0 Å². The molecule has 1 amide bonds. The van der Waals surface area contributed by atoms with Gasteiger partial charge in [0.1, 0.15) is 0 Å². The van der Waals surface area contributed by atoms with E-state index in [0.29, 0.717) is 13.0 Å². The van der Waals surface area contributed by atoms with Gasteiger partial charge in [-0.05, 0) is 32.2 Å². The maximum absolute atomic E-state index is 12.0. The Kier molecular flexibility index (Phi) is 4.13. The fourth-order valence-corrected chi connectivity index (χ4v) is 3.82. The lowest BCUT2D eigenvalue weighted by Crippen LogP contribution is -2.63. The van der Waals surface area contributed by atoms with Crippen LogP contribution in [0.2, 0.25) is 0 Å². The molecule has 0 aromatic carbocycles. The number of carboxylic acid groups (broad SMARTS) is 1. The van der Waals surface area contributed by atoms with Crippen molar-refractivity contribution in [1.82, 2.24) is 9.80 Å². The van der Waals surface area contributed by atoms with Gasteiger partial charge in [0, 0.05) is 26.1 Å². The number of hydrogen-bond donors (Lipinski definition) is 1. The minimum Gasteiger partial charge on any atom is -0.479 e. The third kappa shape index (κ3) is 2.24. The number of aliphatic carboxylic acids is 1. The SMILES string of the molecule is CCCN(C(C)=O)C1(C(=O)O)CCN2CCCCC21. The Bertz CT molecular complexity index is 372. The first-order valence-corrected chi connectivity index (χ1v) is 7.29. The topological polar surface area (TPSA) is 60.9 Å². The molecule has 0 spiro atoms. The van der Waals surface area contributed by atoms with Crippen molar-refractivity contribution in [3.63, 3.8) is 0 Å². The van der Waals surface area contributed by atoms with Crippen molar-refractivity contribution in [3.8, 4) is 0 Å². The van der Waals surface area contributed by atoms with Gasteiger partial charge in [0.15, 0.2) is 5.54 Å². The van der Waals surface area contributed by atoms with Crippen LogP contribution in [0.4, 0.5) is 0 Å². The fraction of sp³-hybridized carbons (Fsp3) is 0.857. The van der Waals surface area contributed by atoms with Crippen LogP contribution < -0.4 is 0 Å². The number of hydrogen-bond acceptors (Lipinski definition) is 3. The quantitative estimate of drug-likeness (QED) is 0.835. The Balaban J connectivity index is 2.36. The first kappa shape index (κ1) is 14.3. The van der Waals surface area contributed by atoms with Crippen LogP contribution in [-0.2, 0) is 9.59 Å². The lowest BCUT2D eigenvalue weighted by atomic mass is 9.83. The van der Waals surface area contributed by atoms with Gasteiger partial charge in [0.05, 0.1) is 0 Å². The van der Waals surface area contributed by atoms with Crippen molar-refractivity contribution in [1.29, 1.82) is 0 Å². The number of carboxylic acids is 1. The normalized spacial score (nSPS) is 30.9. The second-order valence-corrected chi connectivity index (χ2v) is 5.70. The maximum atomic E-state index is 12.0. The van der Waals surface area contributed by atoms with Crippen molar-refractivity contribution in [3.05, 3.63) is 0 Å². The molecule has 5 heteroatoms. The third-order valence-electron chi connectivity index (χ3n) is 4.62. The van der Waals surface area contributed by atoms with E-state index in [1.165, 1.54) is 6.92 Å². The van der Waals surface area contributed by atoms with E-state index >= 15 is 0 Å². The molecule has 2 saturated heterocycles. The summed E-state index contributed by atoms with van der Waals surface area (Å²) in [6.45, 7) is 5.78. The van der Waals surface area contributed by atoms with Crippen molar-refractivity contribution in [2.24, 2.45) is 0 Å². The second-order valence-electron chi connectivity index (χ2n) is 5.70. The van der Waals surface area contributed by atoms with E-state index in [4.69, 9.17) is 0 Å². The summed E-state index contributed by atoms with van der Waals surface area (Å²) in [4.78, 5) is 27.8. The van der Waals surface area contributed by atoms with Crippen LogP contribution in [0.3, 0.4) is 0 Å². The van der Waals surface area contributed by atoms with Gasteiger partial charge in [0.25, 0.3) is 0 Å². The average Bonchev–Trinajstić information content (AvgIpc) is 2.76. The molecule has 0 saturated carbocycles. The van der Waals surface area contributed by atoms with Crippen LogP contribution in [-0.4, -0.2) is 58.0 Å². The molecule has 0 aromatic rings. The van der Waals surface area contributed by atoms with E-state index in [-0.39, 0.29) is 11.9 Å². The summed E-state index contributed by atoms with van der Waals surface area (Å²) in [5.74, 6) is -0.942. The van der Waals surface area contributed by atoms with Crippen LogP contribution in [0.1, 0.15) is 46.0 Å². The Morgan fingerprint density at radius 3 is 2.68 bits per heavy atom. The molecule has 2 rings (SSSR count). The second kappa shape index (κ2) is 5.49. The zero-order valence-electron chi connectivity index (χ0n) is 11.9. The van der Waals surface area contributed by atoms with Gasteiger partial charge in [0.2, 0.25) is 5.91 Å². The third-order valence-corrected chi connectivity index (χ3v) is 4.62. The predicted molar refractivity (Wildman–Crippen MR) is 71.9 cm³/mol. The smallest absolute Gasteiger partial charge is 0.331 e. The highest BCUT2D eigenvalue weighted by Crippen LogP contribution is 2.40. The summed E-state index contributed by atoms with van der Waals surface area (Å²) >= 11 is 0. The van der Waals surface area contributed by atoms with E-state index < -0.39 is 11.5 Å². The molecule has 2 fully saturated rings. The Morgan fingerprint density at radius 2 is 2.11 bits per heavy atom. The summed E-state index contributed by atoms with van der Waals surface area (Å²) in [5, 5.41) is 9.83. The van der Waals surface area contributed by atoms with Crippen molar-refractivity contribution >= 4 is 11.9 Å². The molecule has 2 unspecified atom stereocenters. The van der Waals surface area contributed by atoms with E-state index in [2.05, 4.69) is 4.90 Å². The minimum atomic E-state index is -0.998. The van der Waals surface area contributed by atoms with Crippen LogP contribution in [0, 0.1) is 0 Å². The van der Waals surface area contributed by atoms with Gasteiger partial charge in [-0.3, -0.25) is 9.69 Å². The summed E-state index contributed by atoms with van der Waals surface area (Å²) in [5.41, 5.74) is -0.998. The highest BCUT2D eigenvalue weighted by Gasteiger charge is 2.57. The molecule has 1 N–H and O–H groups in total. The number of nitrogens with zero attached hydrogens (tertiary/aromatic N) is 2. The van der Waals surface area contributed by atoms with Gasteiger partial charge in [-0.25, -0.2) is 4.79 Å². The molecule has 0 aliphatic carbocycles. The molecule has 0 radical (unpaired) electrons. The molecule has 0 aromatic heterocycles. The Hall–Kier alpha value is -1.10. The van der Waals surface area contributed by atoms with Gasteiger partial charge >= 0.3 is 5.97 Å². The van der Waals surface area contributed by atoms with Gasteiger partial charge < -0.3 is 10.0 Å². The van der Waals surface area contributed by atoms with Crippen LogP contribution in [0.15, 0.2) is 0 Å². The molecule has 2 heterocycles. The summed E-state index contributed by atoms with van der Waals surface area (Å²) in [6.07, 6.45) is 4.45. The Morgan fingerprint density at radius 1 is 1.37 bits per heavy atom. The highest BCUT2D eigenvalue weighted by molar-refractivity contribution is 5.87. The molecule has 2 aliphatic heterocycles. The number of rotatable bonds is 4. The number of carbonyl (C=O) groups is 2. The standard InChI is InChI=1S/C14H24N2O3/c1-3-8-16(11(2)17)14(13(18)19)7-10-15-9-5-4-6-12(14)15/h12H,3-10H2,1-2H3,(H,18,19). The molecule has 2 aliphatic rings. The molecule has 5 nitrogen and oxygen atoms in total. The van der Waals surface area contributed by atoms with E-state index in [0.717, 1.165) is 38.8 Å². The molecule has 108 valence electrons. The number of amides is 1. The first-order chi connectivity index (χ1) is 9.04. The first-order valence-electron chi connectivity index (χ1n) is 7.29. The fourth-order valence-electron chi connectivity index (χ4n) is 3.82. The summed E-state index contributed by atoms with van der Waals surface area (Å²) in [7, 11) is 0. The molecular weight excluding hydrogens is 244 g/mol. The molecule has 2 atom stereocenters. The lowest BCUT2D eigenvalue weighted by Gasteiger charge is -2.44. The number of piperidine rings is 1. The van der Waals surface area contributed by atoms with E-state index in [1.807, 2.05) is 6.92 Å². The minimum absolute atomic E-state index is 0.00537. The van der Waals surface area contributed by atoms with Crippen molar-refractivity contribution in [2.75, 3.05) is 19.6 Å². The zero-order chi connectivity index (χ0) is 14.0. The van der Waals surface area contributed by atoms with Gasteiger partial charge in [-0.15, -0.1) is 0 Å². The molecular formula is C14H24N2O3. The van der Waals surface area contributed by atoms with Crippen LogP contribution in [0.25, 0.3) is 0 Å². The lowest BCUT2D eigenvalue weighted by molar-refractivity contribution is -0.161. The number of fused-ring (bicyclic) bond motifs is 1. The van der Waals surface area contributed by atoms with Gasteiger partial charge in [-0.2, -0.15) is 0 Å². The monoisotopic (exact) mass is 268 g/mol. The molecule has 0 bridgehead atoms. The number of carbonyl (C=O) groups excluding carboxylic acids is 1. The summed E-state index contributed by atoms with van der Waals surface area (Å²) < 4.78 is 0. The largest absolute Gasteiger partial charge is 0.479 e. The average molecular weight is 268 g/mol. The van der Waals surface area contributed by atoms with Gasteiger partial charge in [-0.1, -0.05) is 13.3 Å². The summed E-state index contributed by atoms with van der Waals surface area (Å²) in [6, 6.07) is -0.00537. The van der Waals surface area contributed by atoms with E-state index in [9.17, 15) is 14.7 Å². The van der Waals surface area contributed by atoms with E-state index in [1.54, 1.807) is 4.90 Å². The molecule has 19 heavy (non-hydrogen) atoms. The van der Waals surface area contributed by atoms with Crippen LogP contribution >= 0.6 is 0 Å². The van der Waals surface area contributed by atoms with Crippen molar-refractivity contribution in [2.45, 2.75) is 57.5 Å². The predicted octanol–water partition coefficient (Wildman–Crippen LogP) is 1.33. The van der Waals surface area contributed by atoms with Crippen molar-refractivity contribution < 1.29 is 14.7 Å².